The van der Waals surface area contributed by atoms with Crippen LogP contribution in [0.4, 0.5) is 0 Å². The molecule has 0 fully saturated rings. The van der Waals surface area contributed by atoms with Crippen molar-refractivity contribution in [3.05, 3.63) is 48.2 Å². The van der Waals surface area contributed by atoms with Gasteiger partial charge in [-0.05, 0) is 29.8 Å². The molecule has 0 unspecified atom stereocenters. The Kier molecular flexibility index (Phi) is 4.25. The number of aromatic amines is 1. The Labute approximate surface area is 140 Å². The van der Waals surface area contributed by atoms with Crippen LogP contribution in [0.5, 0.6) is 0 Å². The minimum absolute atomic E-state index is 0.0818. The molecule has 3 aromatic rings. The monoisotopic (exact) mass is 323 g/mol. The highest BCUT2D eigenvalue weighted by atomic mass is 16.2. The Bertz CT molecular complexity index is 911. The minimum atomic E-state index is -0.159. The van der Waals surface area contributed by atoms with Gasteiger partial charge in [-0.2, -0.15) is 0 Å². The van der Waals surface area contributed by atoms with Gasteiger partial charge in [-0.25, -0.2) is 0 Å². The molecule has 0 radical (unpaired) electrons. The van der Waals surface area contributed by atoms with Crippen molar-refractivity contribution in [2.45, 2.75) is 6.92 Å². The summed E-state index contributed by atoms with van der Waals surface area (Å²) in [5.41, 5.74) is 1.43. The van der Waals surface area contributed by atoms with Crippen molar-refractivity contribution < 1.29 is 9.59 Å². The summed E-state index contributed by atoms with van der Waals surface area (Å²) in [4.78, 5) is 30.9. The van der Waals surface area contributed by atoms with Gasteiger partial charge in [0, 0.05) is 31.5 Å². The maximum atomic E-state index is 12.8. The molecule has 2 amide bonds. The molecule has 0 spiro atoms. The maximum absolute atomic E-state index is 12.8. The van der Waals surface area contributed by atoms with Crippen LogP contribution in [0.1, 0.15) is 17.4 Å². The third-order valence-electron chi connectivity index (χ3n) is 4.25. The van der Waals surface area contributed by atoms with E-state index in [2.05, 4.69) is 11.1 Å². The molecule has 5 nitrogen and oxygen atoms in total. The van der Waals surface area contributed by atoms with Crippen LogP contribution < -0.4 is 0 Å². The number of fused-ring (bicyclic) bond motifs is 3. The van der Waals surface area contributed by atoms with Crippen LogP contribution >= 0.6 is 0 Å². The zero-order chi connectivity index (χ0) is 17.3. The second kappa shape index (κ2) is 6.35. The number of nitrogens with zero attached hydrogens (tertiary/aromatic N) is 2. The zero-order valence-corrected chi connectivity index (χ0v) is 14.2. The normalized spacial score (nSPS) is 11.0. The third-order valence-corrected chi connectivity index (χ3v) is 4.25. The van der Waals surface area contributed by atoms with E-state index in [9.17, 15) is 9.59 Å². The summed E-state index contributed by atoms with van der Waals surface area (Å²) in [5, 5.41) is 3.27. The van der Waals surface area contributed by atoms with Crippen LogP contribution in [-0.2, 0) is 4.79 Å². The van der Waals surface area contributed by atoms with Gasteiger partial charge in [0.15, 0.2) is 0 Å². The quantitative estimate of drug-likeness (QED) is 0.802. The summed E-state index contributed by atoms with van der Waals surface area (Å²) in [5.74, 6) is -0.250. The molecule has 0 saturated carbocycles. The molecule has 0 aliphatic heterocycles. The fourth-order valence-electron chi connectivity index (χ4n) is 2.80. The van der Waals surface area contributed by atoms with Crippen LogP contribution in [0.3, 0.4) is 0 Å². The molecule has 1 aromatic heterocycles. The predicted molar refractivity (Wildman–Crippen MR) is 96.1 cm³/mol. The molecule has 2 aromatic carbocycles. The molecule has 1 N–H and O–H groups in total. The number of likely N-dealkylation sites (N-methyl/N-ethyl adjacent to an activating group) is 2. The van der Waals surface area contributed by atoms with Gasteiger partial charge in [0.05, 0.1) is 0 Å². The van der Waals surface area contributed by atoms with Crippen molar-refractivity contribution in [3.63, 3.8) is 0 Å². The Morgan fingerprint density at radius 2 is 1.79 bits per heavy atom. The van der Waals surface area contributed by atoms with Crippen LogP contribution in [0.25, 0.3) is 21.7 Å². The van der Waals surface area contributed by atoms with Crippen LogP contribution in [-0.4, -0.2) is 53.8 Å². The molecule has 0 aliphatic rings. The number of carbonyl (C=O) groups excluding carboxylic acids is 2. The second-order valence-corrected chi connectivity index (χ2v) is 6.04. The fraction of sp³-hybridized carbons (Fsp3) is 0.263. The van der Waals surface area contributed by atoms with Crippen molar-refractivity contribution in [1.82, 2.24) is 14.8 Å². The highest BCUT2D eigenvalue weighted by Crippen LogP contribution is 2.26. The van der Waals surface area contributed by atoms with Crippen LogP contribution in [0, 0.1) is 0 Å². The number of hydrogen-bond acceptors (Lipinski definition) is 2. The van der Waals surface area contributed by atoms with Crippen LogP contribution in [0.2, 0.25) is 0 Å². The first-order chi connectivity index (χ1) is 11.5. The molecule has 0 saturated heterocycles. The Hall–Kier alpha value is -2.82. The third kappa shape index (κ3) is 2.85. The molecule has 0 aliphatic carbocycles. The summed E-state index contributed by atoms with van der Waals surface area (Å²) >= 11 is 0. The smallest absolute Gasteiger partial charge is 0.270 e. The lowest BCUT2D eigenvalue weighted by Crippen LogP contribution is -2.40. The number of rotatable bonds is 4. The van der Waals surface area contributed by atoms with Crippen molar-refractivity contribution >= 4 is 33.5 Å². The lowest BCUT2D eigenvalue weighted by atomic mass is 10.1. The summed E-state index contributed by atoms with van der Waals surface area (Å²) in [6.45, 7) is 2.44. The molecule has 1 heterocycles. The number of amides is 2. The number of nitrogens with one attached hydrogen (secondary N) is 1. The molecular formula is C19H21N3O2. The zero-order valence-electron chi connectivity index (χ0n) is 14.2. The van der Waals surface area contributed by atoms with Crippen molar-refractivity contribution in [3.8, 4) is 0 Å². The Morgan fingerprint density at radius 3 is 2.50 bits per heavy atom. The average molecular weight is 323 g/mol. The fourth-order valence-corrected chi connectivity index (χ4v) is 2.80. The van der Waals surface area contributed by atoms with Gasteiger partial charge in [-0.3, -0.25) is 9.59 Å². The number of aromatic nitrogens is 1. The summed E-state index contributed by atoms with van der Waals surface area (Å²) < 4.78 is 0. The first kappa shape index (κ1) is 16.1. The summed E-state index contributed by atoms with van der Waals surface area (Å²) in [6.07, 6.45) is 0. The van der Waals surface area contributed by atoms with E-state index < -0.39 is 0 Å². The summed E-state index contributed by atoms with van der Waals surface area (Å²) in [6, 6.07) is 14.0. The molecule has 24 heavy (non-hydrogen) atoms. The van der Waals surface area contributed by atoms with E-state index >= 15 is 0 Å². The second-order valence-electron chi connectivity index (χ2n) is 6.04. The number of H-pyrrole nitrogens is 1. The van der Waals surface area contributed by atoms with Gasteiger partial charge in [-0.15, -0.1) is 0 Å². The van der Waals surface area contributed by atoms with E-state index in [0.717, 1.165) is 21.7 Å². The van der Waals surface area contributed by atoms with E-state index in [0.29, 0.717) is 12.2 Å². The van der Waals surface area contributed by atoms with Gasteiger partial charge < -0.3 is 14.8 Å². The molecule has 0 bridgehead atoms. The first-order valence-corrected chi connectivity index (χ1v) is 8.01. The number of hydrogen-bond donors (Lipinski definition) is 1. The maximum Gasteiger partial charge on any atom is 0.270 e. The van der Waals surface area contributed by atoms with E-state index in [4.69, 9.17) is 0 Å². The van der Waals surface area contributed by atoms with Gasteiger partial charge in [0.1, 0.15) is 12.2 Å². The number of carbonyl (C=O) groups is 2. The topological polar surface area (TPSA) is 56.4 Å². The molecule has 0 atom stereocenters. The SMILES string of the molecule is CCN(CC(=O)N(C)C)C(=O)c1cc2c(ccc3ccccc32)[nH]1. The lowest BCUT2D eigenvalue weighted by Gasteiger charge is -2.21. The highest BCUT2D eigenvalue weighted by Gasteiger charge is 2.20. The summed E-state index contributed by atoms with van der Waals surface area (Å²) in [7, 11) is 3.38. The Balaban J connectivity index is 1.97. The van der Waals surface area contributed by atoms with Crippen molar-refractivity contribution in [1.29, 1.82) is 0 Å². The molecule has 3 rings (SSSR count). The van der Waals surface area contributed by atoms with E-state index in [1.165, 1.54) is 4.90 Å². The van der Waals surface area contributed by atoms with Crippen molar-refractivity contribution in [2.75, 3.05) is 27.2 Å². The standard InChI is InChI=1S/C19H21N3O2/c1-4-22(12-18(23)21(2)3)19(24)17-11-15-14-8-6-5-7-13(14)9-10-16(15)20-17/h5-11,20H,4,12H2,1-3H3. The minimum Gasteiger partial charge on any atom is -0.351 e. The van der Waals surface area contributed by atoms with Gasteiger partial charge in [0.2, 0.25) is 5.91 Å². The highest BCUT2D eigenvalue weighted by molar-refractivity contribution is 6.10. The van der Waals surface area contributed by atoms with Gasteiger partial charge in [-0.1, -0.05) is 30.3 Å². The van der Waals surface area contributed by atoms with Gasteiger partial charge in [0.25, 0.3) is 5.91 Å². The average Bonchev–Trinajstić information content (AvgIpc) is 3.03. The predicted octanol–water partition coefficient (Wildman–Crippen LogP) is 2.87. The molecular weight excluding hydrogens is 302 g/mol. The first-order valence-electron chi connectivity index (χ1n) is 8.01. The van der Waals surface area contributed by atoms with Gasteiger partial charge >= 0.3 is 0 Å². The van der Waals surface area contributed by atoms with Crippen molar-refractivity contribution in [2.24, 2.45) is 0 Å². The van der Waals surface area contributed by atoms with E-state index in [-0.39, 0.29) is 18.4 Å². The van der Waals surface area contributed by atoms with Crippen LogP contribution in [0.15, 0.2) is 42.5 Å². The lowest BCUT2D eigenvalue weighted by molar-refractivity contribution is -0.129. The Morgan fingerprint density at radius 1 is 1.04 bits per heavy atom. The largest absolute Gasteiger partial charge is 0.351 e. The number of benzene rings is 2. The van der Waals surface area contributed by atoms with E-state index in [1.54, 1.807) is 19.0 Å². The molecule has 124 valence electrons. The molecule has 5 heteroatoms. The van der Waals surface area contributed by atoms with E-state index in [1.807, 2.05) is 43.3 Å².